The van der Waals surface area contributed by atoms with Crippen molar-refractivity contribution in [2.45, 2.75) is 19.8 Å². The number of nitrogens with zero attached hydrogens (tertiary/aromatic N) is 1. The number of esters is 1. The molecule has 6 nitrogen and oxygen atoms in total. The van der Waals surface area contributed by atoms with Gasteiger partial charge in [-0.15, -0.1) is 0 Å². The van der Waals surface area contributed by atoms with Gasteiger partial charge in [-0.1, -0.05) is 49.7 Å². The standard InChI is InChI=1S/C29H26N2O4/c1-2-3-19-34-24-17-13-23(14-18-24)29(33)35-25-15-11-21(12-16-25)20-30-31-28(32)27-10-6-8-22-7-4-5-9-26(22)27/h4-18,20H,2-3,19H2,1H3,(H,31,32)/b30-20-. The van der Waals surface area contributed by atoms with Crippen LogP contribution in [0, 0.1) is 0 Å². The predicted molar refractivity (Wildman–Crippen MR) is 137 cm³/mol. The fraction of sp³-hybridized carbons (Fsp3) is 0.138. The van der Waals surface area contributed by atoms with Crippen LogP contribution in [0.5, 0.6) is 11.5 Å². The number of amides is 1. The second kappa shape index (κ2) is 11.6. The summed E-state index contributed by atoms with van der Waals surface area (Å²) < 4.78 is 11.1. The van der Waals surface area contributed by atoms with Gasteiger partial charge in [0, 0.05) is 5.56 Å². The smallest absolute Gasteiger partial charge is 0.343 e. The van der Waals surface area contributed by atoms with Gasteiger partial charge in [-0.05, 0) is 77.4 Å². The molecular formula is C29H26N2O4. The van der Waals surface area contributed by atoms with E-state index in [1.807, 2.05) is 36.4 Å². The molecule has 0 spiro atoms. The molecule has 0 aliphatic heterocycles. The number of benzene rings is 4. The molecule has 6 heteroatoms. The molecule has 176 valence electrons. The lowest BCUT2D eigenvalue weighted by atomic mass is 10.0. The lowest BCUT2D eigenvalue weighted by Gasteiger charge is -2.07. The largest absolute Gasteiger partial charge is 0.494 e. The van der Waals surface area contributed by atoms with Crippen LogP contribution in [0.3, 0.4) is 0 Å². The van der Waals surface area contributed by atoms with E-state index in [9.17, 15) is 9.59 Å². The van der Waals surface area contributed by atoms with Crippen molar-refractivity contribution in [2.75, 3.05) is 6.61 Å². The van der Waals surface area contributed by atoms with Gasteiger partial charge in [-0.3, -0.25) is 4.79 Å². The highest BCUT2D eigenvalue weighted by Gasteiger charge is 2.10. The first-order valence-electron chi connectivity index (χ1n) is 11.5. The minimum atomic E-state index is -0.450. The van der Waals surface area contributed by atoms with Gasteiger partial charge in [0.2, 0.25) is 0 Å². The van der Waals surface area contributed by atoms with Gasteiger partial charge in [0.15, 0.2) is 0 Å². The van der Waals surface area contributed by atoms with Crippen molar-refractivity contribution in [2.24, 2.45) is 5.10 Å². The van der Waals surface area contributed by atoms with Crippen LogP contribution >= 0.6 is 0 Å². The zero-order valence-electron chi connectivity index (χ0n) is 19.4. The quantitative estimate of drug-likeness (QED) is 0.108. The number of fused-ring (bicyclic) bond motifs is 1. The molecule has 0 unspecified atom stereocenters. The Morgan fingerprint density at radius 3 is 2.34 bits per heavy atom. The highest BCUT2D eigenvalue weighted by molar-refractivity contribution is 6.07. The maximum atomic E-state index is 12.6. The molecule has 1 amide bonds. The summed E-state index contributed by atoms with van der Waals surface area (Å²) in [7, 11) is 0. The third-order valence-electron chi connectivity index (χ3n) is 5.36. The molecule has 0 fully saturated rings. The van der Waals surface area contributed by atoms with Crippen LogP contribution in [-0.4, -0.2) is 24.7 Å². The molecule has 4 rings (SSSR count). The average Bonchev–Trinajstić information content (AvgIpc) is 2.90. The molecule has 1 N–H and O–H groups in total. The maximum Gasteiger partial charge on any atom is 0.343 e. The number of carbonyl (C=O) groups is 2. The number of ether oxygens (including phenoxy) is 2. The molecule has 4 aromatic rings. The van der Waals surface area contributed by atoms with Crippen LogP contribution in [0.1, 0.15) is 46.0 Å². The van der Waals surface area contributed by atoms with Crippen LogP contribution in [0.2, 0.25) is 0 Å². The third kappa shape index (κ3) is 6.32. The van der Waals surface area contributed by atoms with Crippen molar-refractivity contribution >= 4 is 28.9 Å². The van der Waals surface area contributed by atoms with Gasteiger partial charge < -0.3 is 9.47 Å². The zero-order chi connectivity index (χ0) is 24.5. The molecule has 0 atom stereocenters. The molecule has 0 bridgehead atoms. The minimum Gasteiger partial charge on any atom is -0.494 e. The minimum absolute atomic E-state index is 0.287. The normalized spacial score (nSPS) is 10.9. The summed E-state index contributed by atoms with van der Waals surface area (Å²) >= 11 is 0. The van der Waals surface area contributed by atoms with E-state index in [4.69, 9.17) is 9.47 Å². The molecule has 0 aromatic heterocycles. The van der Waals surface area contributed by atoms with E-state index in [-0.39, 0.29) is 5.91 Å². The summed E-state index contributed by atoms with van der Waals surface area (Å²) in [5.41, 5.74) is 4.31. The van der Waals surface area contributed by atoms with Gasteiger partial charge in [0.25, 0.3) is 5.91 Å². The number of hydrazone groups is 1. The van der Waals surface area contributed by atoms with Crippen LogP contribution < -0.4 is 14.9 Å². The topological polar surface area (TPSA) is 77.0 Å². The van der Waals surface area contributed by atoms with Gasteiger partial charge in [-0.25, -0.2) is 10.2 Å². The van der Waals surface area contributed by atoms with Gasteiger partial charge in [0.05, 0.1) is 18.4 Å². The molecule has 0 saturated heterocycles. The lowest BCUT2D eigenvalue weighted by Crippen LogP contribution is -2.17. The Labute approximate surface area is 204 Å². The van der Waals surface area contributed by atoms with E-state index >= 15 is 0 Å². The molecule has 4 aromatic carbocycles. The Morgan fingerprint density at radius 2 is 1.57 bits per heavy atom. The Kier molecular flexibility index (Phi) is 7.86. The van der Waals surface area contributed by atoms with Crippen LogP contribution in [0.15, 0.2) is 96.1 Å². The second-order valence-electron chi connectivity index (χ2n) is 7.91. The Bertz CT molecular complexity index is 1320. The van der Waals surface area contributed by atoms with E-state index < -0.39 is 5.97 Å². The summed E-state index contributed by atoms with van der Waals surface area (Å²) in [4.78, 5) is 25.0. The van der Waals surface area contributed by atoms with Crippen LogP contribution in [0.4, 0.5) is 0 Å². The van der Waals surface area contributed by atoms with Crippen LogP contribution in [0.25, 0.3) is 10.8 Å². The maximum absolute atomic E-state index is 12.6. The van der Waals surface area contributed by atoms with E-state index in [2.05, 4.69) is 17.5 Å². The summed E-state index contributed by atoms with van der Waals surface area (Å²) in [5, 5.41) is 5.91. The third-order valence-corrected chi connectivity index (χ3v) is 5.36. The Hall–Kier alpha value is -4.45. The van der Waals surface area contributed by atoms with E-state index in [0.717, 1.165) is 34.9 Å². The van der Waals surface area contributed by atoms with Gasteiger partial charge in [0.1, 0.15) is 11.5 Å². The van der Waals surface area contributed by atoms with Gasteiger partial charge in [-0.2, -0.15) is 5.10 Å². The molecular weight excluding hydrogens is 440 g/mol. The van der Waals surface area contributed by atoms with Crippen molar-refractivity contribution in [3.63, 3.8) is 0 Å². The molecule has 0 aliphatic rings. The Morgan fingerprint density at radius 1 is 0.857 bits per heavy atom. The van der Waals surface area contributed by atoms with Crippen LogP contribution in [-0.2, 0) is 0 Å². The SMILES string of the molecule is CCCCOc1ccc(C(=O)Oc2ccc(/C=N\NC(=O)c3cccc4ccccc34)cc2)cc1. The van der Waals surface area contributed by atoms with E-state index in [0.29, 0.717) is 23.5 Å². The first-order valence-corrected chi connectivity index (χ1v) is 11.5. The monoisotopic (exact) mass is 466 g/mol. The van der Waals surface area contributed by atoms with Gasteiger partial charge >= 0.3 is 5.97 Å². The molecule has 0 radical (unpaired) electrons. The number of rotatable bonds is 9. The number of carbonyl (C=O) groups excluding carboxylic acids is 2. The van der Waals surface area contributed by atoms with E-state index in [1.54, 1.807) is 54.6 Å². The van der Waals surface area contributed by atoms with E-state index in [1.165, 1.54) is 6.21 Å². The highest BCUT2D eigenvalue weighted by atomic mass is 16.5. The fourth-order valence-electron chi connectivity index (χ4n) is 3.46. The predicted octanol–water partition coefficient (Wildman–Crippen LogP) is 6.00. The Balaban J connectivity index is 1.31. The number of hydrogen-bond donors (Lipinski definition) is 1. The summed E-state index contributed by atoms with van der Waals surface area (Å²) in [6.07, 6.45) is 3.59. The van der Waals surface area contributed by atoms with Crippen molar-refractivity contribution in [3.05, 3.63) is 108 Å². The lowest BCUT2D eigenvalue weighted by molar-refractivity contribution is 0.0734. The second-order valence-corrected chi connectivity index (χ2v) is 7.91. The van der Waals surface area contributed by atoms with Crippen molar-refractivity contribution in [3.8, 4) is 11.5 Å². The highest BCUT2D eigenvalue weighted by Crippen LogP contribution is 2.19. The van der Waals surface area contributed by atoms with Crippen molar-refractivity contribution in [1.29, 1.82) is 0 Å². The first kappa shape index (κ1) is 23.7. The summed E-state index contributed by atoms with van der Waals surface area (Å²) in [6.45, 7) is 2.76. The fourth-order valence-corrected chi connectivity index (χ4v) is 3.46. The molecule has 0 saturated carbocycles. The first-order chi connectivity index (χ1) is 17.1. The number of hydrogen-bond acceptors (Lipinski definition) is 5. The molecule has 0 heterocycles. The zero-order valence-corrected chi connectivity index (χ0v) is 19.4. The number of unbranched alkanes of at least 4 members (excludes halogenated alkanes) is 1. The number of nitrogens with one attached hydrogen (secondary N) is 1. The van der Waals surface area contributed by atoms with Crippen molar-refractivity contribution < 1.29 is 19.1 Å². The molecule has 0 aliphatic carbocycles. The summed E-state index contributed by atoms with van der Waals surface area (Å²) in [5.74, 6) is 0.403. The van der Waals surface area contributed by atoms with Crippen molar-refractivity contribution in [1.82, 2.24) is 5.43 Å². The molecule has 35 heavy (non-hydrogen) atoms. The average molecular weight is 467 g/mol. The summed E-state index contributed by atoms with van der Waals surface area (Å²) in [6, 6.07) is 27.0.